The number of halogens is 2. The van der Waals surface area contributed by atoms with Crippen LogP contribution in [0, 0.1) is 6.92 Å². The number of nitrogens with one attached hydrogen (secondary N) is 2. The van der Waals surface area contributed by atoms with Crippen LogP contribution < -0.4 is 10.0 Å². The van der Waals surface area contributed by atoms with Gasteiger partial charge >= 0.3 is 0 Å². The molecule has 0 atom stereocenters. The predicted octanol–water partition coefficient (Wildman–Crippen LogP) is 3.88. The zero-order chi connectivity index (χ0) is 15.6. The van der Waals surface area contributed by atoms with E-state index in [4.69, 9.17) is 23.2 Å². The van der Waals surface area contributed by atoms with Gasteiger partial charge in [0, 0.05) is 26.3 Å². The Balaban J connectivity index is 2.33. The number of hydrogen-bond donors (Lipinski definition) is 2. The largest absolute Gasteiger partial charge is 0.315 e. The van der Waals surface area contributed by atoms with Crippen molar-refractivity contribution in [3.63, 3.8) is 0 Å². The third-order valence-electron chi connectivity index (χ3n) is 2.68. The Bertz CT molecular complexity index is 737. The number of benzene rings is 1. The summed E-state index contributed by atoms with van der Waals surface area (Å²) < 4.78 is 27.4. The molecule has 0 amide bonds. The number of aryl methyl sites for hydroxylation is 1. The van der Waals surface area contributed by atoms with E-state index in [-0.39, 0.29) is 4.90 Å². The zero-order valence-corrected chi connectivity index (χ0v) is 14.6. The van der Waals surface area contributed by atoms with E-state index in [9.17, 15) is 8.42 Å². The molecular weight excluding hydrogens is 351 g/mol. The fraction of sp³-hybridized carbons (Fsp3) is 0.231. The normalized spacial score (nSPS) is 11.6. The Labute approximate surface area is 138 Å². The summed E-state index contributed by atoms with van der Waals surface area (Å²) in [5.74, 6) is 0. The number of sulfonamides is 1. The highest BCUT2D eigenvalue weighted by molar-refractivity contribution is 7.93. The Morgan fingerprint density at radius 3 is 2.33 bits per heavy atom. The highest BCUT2D eigenvalue weighted by Crippen LogP contribution is 2.29. The van der Waals surface area contributed by atoms with Crippen molar-refractivity contribution in [1.29, 1.82) is 0 Å². The third kappa shape index (κ3) is 4.11. The van der Waals surface area contributed by atoms with Gasteiger partial charge in [0.2, 0.25) is 0 Å². The molecule has 0 aliphatic heterocycles. The monoisotopic (exact) mass is 364 g/mol. The number of thiophene rings is 1. The van der Waals surface area contributed by atoms with Crippen LogP contribution in [0.4, 0.5) is 5.69 Å². The molecule has 2 aromatic rings. The van der Waals surface area contributed by atoms with Crippen molar-refractivity contribution in [2.24, 2.45) is 0 Å². The summed E-state index contributed by atoms with van der Waals surface area (Å²) in [7, 11) is -1.84. The van der Waals surface area contributed by atoms with Crippen molar-refractivity contribution in [2.75, 3.05) is 11.8 Å². The second kappa shape index (κ2) is 6.54. The average Bonchev–Trinajstić information content (AvgIpc) is 2.69. The summed E-state index contributed by atoms with van der Waals surface area (Å²) in [5.41, 5.74) is 0.341. The molecule has 114 valence electrons. The highest BCUT2D eigenvalue weighted by atomic mass is 35.5. The van der Waals surface area contributed by atoms with Crippen molar-refractivity contribution in [1.82, 2.24) is 5.32 Å². The Morgan fingerprint density at radius 2 is 1.76 bits per heavy atom. The van der Waals surface area contributed by atoms with Crippen LogP contribution in [-0.2, 0) is 16.6 Å². The molecule has 0 unspecified atom stereocenters. The Morgan fingerprint density at radius 1 is 1.14 bits per heavy atom. The number of hydrogen-bond acceptors (Lipinski definition) is 4. The van der Waals surface area contributed by atoms with Gasteiger partial charge in [-0.3, -0.25) is 4.72 Å². The van der Waals surface area contributed by atoms with E-state index < -0.39 is 10.0 Å². The van der Waals surface area contributed by atoms with Gasteiger partial charge in [0.05, 0.1) is 5.69 Å². The quantitative estimate of drug-likeness (QED) is 0.845. The fourth-order valence-electron chi connectivity index (χ4n) is 1.88. The lowest BCUT2D eigenvalue weighted by Gasteiger charge is -2.08. The Kier molecular flexibility index (Phi) is 5.16. The fourth-order valence-corrected chi connectivity index (χ4v) is 5.09. The summed E-state index contributed by atoms with van der Waals surface area (Å²) in [6, 6.07) is 6.25. The van der Waals surface area contributed by atoms with Crippen LogP contribution in [0.3, 0.4) is 0 Å². The summed E-state index contributed by atoms with van der Waals surface area (Å²) in [6.45, 7) is 2.41. The van der Waals surface area contributed by atoms with Crippen LogP contribution in [0.15, 0.2) is 29.2 Å². The minimum Gasteiger partial charge on any atom is -0.315 e. The lowest BCUT2D eigenvalue weighted by atomic mass is 10.3. The molecule has 0 radical (unpaired) electrons. The lowest BCUT2D eigenvalue weighted by Crippen LogP contribution is -2.13. The van der Waals surface area contributed by atoms with Crippen LogP contribution in [0.2, 0.25) is 10.0 Å². The van der Waals surface area contributed by atoms with Gasteiger partial charge in [-0.25, -0.2) is 8.42 Å². The molecule has 1 aromatic heterocycles. The van der Waals surface area contributed by atoms with Gasteiger partial charge in [-0.1, -0.05) is 23.2 Å². The molecule has 21 heavy (non-hydrogen) atoms. The second-order valence-corrected chi connectivity index (χ2v) is 8.29. The number of anilines is 1. The molecule has 2 N–H and O–H groups in total. The maximum absolute atomic E-state index is 12.5. The van der Waals surface area contributed by atoms with Gasteiger partial charge < -0.3 is 5.32 Å². The molecule has 0 aliphatic carbocycles. The topological polar surface area (TPSA) is 58.2 Å². The first-order valence-electron chi connectivity index (χ1n) is 6.04. The molecule has 2 rings (SSSR count). The molecule has 1 aromatic carbocycles. The maximum Gasteiger partial charge on any atom is 0.263 e. The van der Waals surface area contributed by atoms with Gasteiger partial charge in [0.1, 0.15) is 4.90 Å². The van der Waals surface area contributed by atoms with Gasteiger partial charge in [-0.2, -0.15) is 0 Å². The molecule has 4 nitrogen and oxygen atoms in total. The summed E-state index contributed by atoms with van der Waals surface area (Å²) >= 11 is 13.2. The molecule has 1 heterocycles. The van der Waals surface area contributed by atoms with E-state index in [0.29, 0.717) is 22.3 Å². The standard InChI is InChI=1S/C13H14Cl2N2O2S2/c1-8-13(6-12(20-8)7-16-2)21(18,19)17-11-4-9(14)3-10(15)5-11/h3-6,16-17H,7H2,1-2H3. The molecule has 8 heteroatoms. The van der Waals surface area contributed by atoms with E-state index >= 15 is 0 Å². The molecule has 0 saturated heterocycles. The summed E-state index contributed by atoms with van der Waals surface area (Å²) in [6.07, 6.45) is 0. The molecular formula is C13H14Cl2N2O2S2. The van der Waals surface area contributed by atoms with Crippen molar-refractivity contribution >= 4 is 50.2 Å². The number of rotatable bonds is 5. The SMILES string of the molecule is CNCc1cc(S(=O)(=O)Nc2cc(Cl)cc(Cl)c2)c(C)s1. The van der Waals surface area contributed by atoms with Crippen molar-refractivity contribution < 1.29 is 8.42 Å². The minimum absolute atomic E-state index is 0.272. The summed E-state index contributed by atoms with van der Waals surface area (Å²) in [5, 5.41) is 3.75. The van der Waals surface area contributed by atoms with E-state index in [1.807, 2.05) is 7.05 Å². The smallest absolute Gasteiger partial charge is 0.263 e. The van der Waals surface area contributed by atoms with E-state index in [1.165, 1.54) is 23.5 Å². The van der Waals surface area contributed by atoms with Gasteiger partial charge in [-0.05, 0) is 38.2 Å². The van der Waals surface area contributed by atoms with Crippen LogP contribution in [-0.4, -0.2) is 15.5 Å². The molecule has 0 spiro atoms. The second-order valence-electron chi connectivity index (χ2n) is 4.43. The summed E-state index contributed by atoms with van der Waals surface area (Å²) in [4.78, 5) is 1.97. The Hall–Kier alpha value is -0.790. The van der Waals surface area contributed by atoms with Crippen molar-refractivity contribution in [3.8, 4) is 0 Å². The molecule has 0 fully saturated rings. The van der Waals surface area contributed by atoms with Gasteiger partial charge in [-0.15, -0.1) is 11.3 Å². The first kappa shape index (κ1) is 16.6. The first-order chi connectivity index (χ1) is 9.81. The molecule has 0 saturated carbocycles. The maximum atomic E-state index is 12.5. The van der Waals surface area contributed by atoms with E-state index in [2.05, 4.69) is 10.0 Å². The van der Waals surface area contributed by atoms with Crippen LogP contribution in [0.1, 0.15) is 9.75 Å². The molecule has 0 aliphatic rings. The third-order valence-corrected chi connectivity index (χ3v) is 5.80. The van der Waals surface area contributed by atoms with Crippen LogP contribution in [0.5, 0.6) is 0 Å². The highest BCUT2D eigenvalue weighted by Gasteiger charge is 2.20. The first-order valence-corrected chi connectivity index (χ1v) is 9.10. The van der Waals surface area contributed by atoms with Crippen molar-refractivity contribution in [2.45, 2.75) is 18.4 Å². The molecule has 0 bridgehead atoms. The van der Waals surface area contributed by atoms with E-state index in [1.54, 1.807) is 19.1 Å². The van der Waals surface area contributed by atoms with Crippen molar-refractivity contribution in [3.05, 3.63) is 44.1 Å². The van der Waals surface area contributed by atoms with Gasteiger partial charge in [0.25, 0.3) is 10.0 Å². The van der Waals surface area contributed by atoms with Gasteiger partial charge in [0.15, 0.2) is 0 Å². The lowest BCUT2D eigenvalue weighted by molar-refractivity contribution is 0.601. The van der Waals surface area contributed by atoms with Crippen LogP contribution >= 0.6 is 34.5 Å². The van der Waals surface area contributed by atoms with Crippen LogP contribution in [0.25, 0.3) is 0 Å². The van der Waals surface area contributed by atoms with E-state index in [0.717, 1.165) is 9.75 Å². The zero-order valence-electron chi connectivity index (χ0n) is 11.4. The average molecular weight is 365 g/mol. The minimum atomic E-state index is -3.66. The predicted molar refractivity (Wildman–Crippen MR) is 89.1 cm³/mol.